The van der Waals surface area contributed by atoms with E-state index in [-0.39, 0.29) is 26.0 Å². The summed E-state index contributed by atoms with van der Waals surface area (Å²) in [5.41, 5.74) is 0. The fraction of sp³-hybridized carbons (Fsp3) is 0.889. The van der Waals surface area contributed by atoms with Gasteiger partial charge in [-0.05, 0) is 0 Å². The zero-order chi connectivity index (χ0) is 13.2. The maximum Gasteiger partial charge on any atom is 2.00 e. The van der Waals surface area contributed by atoms with Gasteiger partial charge in [0.05, 0.1) is 0 Å². The van der Waals surface area contributed by atoms with Gasteiger partial charge in [0.25, 0.3) is 6.47 Å². The first kappa shape index (κ1) is 25.7. The molecule has 0 unspecified atom stereocenters. The number of unbranched alkanes of at least 4 members (excludes halogenated alkanes) is 2. The standard InChI is InChI=1S/C8H18N.CH2O2.HO3S.Zn/c1-3-5-7-9-8-6-4-2;2-1-3;1-4(2)3;/h3-8H2,1-2H3;1H,(H,2,3);(H,1,2,3);/q-1;;-1;+2. The van der Waals surface area contributed by atoms with Gasteiger partial charge < -0.3 is 23.4 Å². The maximum atomic E-state index is 8.56. The van der Waals surface area contributed by atoms with Gasteiger partial charge in [0.1, 0.15) is 0 Å². The molecule has 17 heavy (non-hydrogen) atoms. The van der Waals surface area contributed by atoms with Crippen LogP contribution >= 0.6 is 0 Å². The zero-order valence-corrected chi connectivity index (χ0v) is 14.3. The van der Waals surface area contributed by atoms with Gasteiger partial charge in [-0.15, -0.1) is 13.1 Å². The van der Waals surface area contributed by atoms with Gasteiger partial charge >= 0.3 is 19.5 Å². The van der Waals surface area contributed by atoms with Crippen LogP contribution in [-0.2, 0) is 43.7 Å². The molecule has 0 fully saturated rings. The van der Waals surface area contributed by atoms with Crippen LogP contribution in [0.15, 0.2) is 0 Å². The van der Waals surface area contributed by atoms with Crippen molar-refractivity contribution in [3.05, 3.63) is 5.32 Å². The average molecular weight is 321 g/mol. The Morgan fingerprint density at radius 3 is 1.53 bits per heavy atom. The predicted molar refractivity (Wildman–Crippen MR) is 63.0 cm³/mol. The number of carboxylic acid groups (broad SMARTS) is 1. The molecule has 0 atom stereocenters. The largest absolute Gasteiger partial charge is 2.00 e. The van der Waals surface area contributed by atoms with Crippen LogP contribution in [0.1, 0.15) is 39.5 Å². The summed E-state index contributed by atoms with van der Waals surface area (Å²) in [4.78, 5) is 8.36. The summed E-state index contributed by atoms with van der Waals surface area (Å²) in [5, 5.41) is 11.2. The van der Waals surface area contributed by atoms with Crippen molar-refractivity contribution in [2.75, 3.05) is 13.1 Å². The molecular weight excluding hydrogens is 300 g/mol. The molecule has 0 aliphatic rings. The topological polar surface area (TPSA) is 106 Å². The summed E-state index contributed by atoms with van der Waals surface area (Å²) < 4.78 is 24.1. The minimum atomic E-state index is -2.86. The first-order valence-corrected chi connectivity index (χ1v) is 6.09. The van der Waals surface area contributed by atoms with E-state index in [4.69, 9.17) is 22.9 Å². The second kappa shape index (κ2) is 29.7. The molecule has 6 nitrogen and oxygen atoms in total. The Labute approximate surface area is 118 Å². The number of carbonyl (C=O) groups is 1. The number of hydrogen-bond acceptors (Lipinski definition) is 4. The minimum absolute atomic E-state index is 0. The van der Waals surface area contributed by atoms with Crippen LogP contribution in [0.25, 0.3) is 5.32 Å². The summed E-state index contributed by atoms with van der Waals surface area (Å²) in [6.45, 7) is 6.32. The van der Waals surface area contributed by atoms with Gasteiger partial charge in [0.15, 0.2) is 0 Å². The van der Waals surface area contributed by atoms with E-state index in [0.717, 1.165) is 13.1 Å². The molecule has 0 bridgehead atoms. The van der Waals surface area contributed by atoms with Gasteiger partial charge in [0.2, 0.25) is 0 Å². The Hall–Kier alpha value is -0.0366. The van der Waals surface area contributed by atoms with Crippen LogP contribution in [0.4, 0.5) is 0 Å². The van der Waals surface area contributed by atoms with E-state index in [0.29, 0.717) is 0 Å². The maximum absolute atomic E-state index is 8.56. The van der Waals surface area contributed by atoms with Crippen molar-refractivity contribution < 1.29 is 42.3 Å². The Morgan fingerprint density at radius 2 is 1.35 bits per heavy atom. The van der Waals surface area contributed by atoms with Crippen molar-refractivity contribution in [2.45, 2.75) is 39.5 Å². The number of rotatable bonds is 6. The molecule has 100 valence electrons. The van der Waals surface area contributed by atoms with Crippen LogP contribution in [0.5, 0.6) is 0 Å². The summed E-state index contributed by atoms with van der Waals surface area (Å²) in [6, 6.07) is 0. The third-order valence-corrected chi connectivity index (χ3v) is 1.34. The quantitative estimate of drug-likeness (QED) is 0.195. The summed E-state index contributed by atoms with van der Waals surface area (Å²) in [5.74, 6) is 0. The molecule has 2 N–H and O–H groups in total. The van der Waals surface area contributed by atoms with E-state index in [1.165, 1.54) is 25.7 Å². The molecule has 0 aromatic rings. The SMILES string of the molecule is CCCC[N-]CCCC.O=CO.O=[S-](=O)O.[Zn+2]. The number of nitrogens with zero attached hydrogens (tertiary/aromatic N) is 1. The molecule has 0 radical (unpaired) electrons. The molecule has 0 aliphatic heterocycles. The van der Waals surface area contributed by atoms with Crippen molar-refractivity contribution in [3.63, 3.8) is 0 Å². The van der Waals surface area contributed by atoms with Crippen molar-refractivity contribution in [2.24, 2.45) is 0 Å². The summed E-state index contributed by atoms with van der Waals surface area (Å²) in [7, 11) is -2.86. The number of hydrogen-bond donors (Lipinski definition) is 2. The normalized spacial score (nSPS) is 8.00. The van der Waals surface area contributed by atoms with E-state index in [9.17, 15) is 0 Å². The molecule has 0 amide bonds. The van der Waals surface area contributed by atoms with Crippen molar-refractivity contribution in [1.29, 1.82) is 0 Å². The smallest absolute Gasteiger partial charge is 0.662 e. The molecule has 0 heterocycles. The van der Waals surface area contributed by atoms with Crippen LogP contribution in [0.2, 0.25) is 0 Å². The van der Waals surface area contributed by atoms with Crippen molar-refractivity contribution in [3.8, 4) is 0 Å². The molecule has 0 aromatic carbocycles. The van der Waals surface area contributed by atoms with Gasteiger partial charge in [-0.2, -0.15) is 0 Å². The second-order valence-electron chi connectivity index (χ2n) is 2.70. The van der Waals surface area contributed by atoms with Crippen LogP contribution in [-0.4, -0.2) is 29.2 Å². The van der Waals surface area contributed by atoms with Crippen molar-refractivity contribution >= 4 is 17.5 Å². The van der Waals surface area contributed by atoms with Gasteiger partial charge in [-0.25, -0.2) is 0 Å². The first-order valence-electron chi connectivity index (χ1n) is 5.06. The Balaban J connectivity index is -0.0000000893. The van der Waals surface area contributed by atoms with Crippen LogP contribution in [0.3, 0.4) is 0 Å². The first-order chi connectivity index (χ1) is 7.56. The Kier molecular flexibility index (Phi) is 45.0. The molecule has 0 aliphatic carbocycles. The molecule has 8 heteroatoms. The average Bonchev–Trinajstić information content (AvgIpc) is 2.18. The Bertz CT molecular complexity index is 176. The van der Waals surface area contributed by atoms with E-state index in [1.807, 2.05) is 0 Å². The van der Waals surface area contributed by atoms with Crippen molar-refractivity contribution in [1.82, 2.24) is 0 Å². The second-order valence-corrected chi connectivity index (χ2v) is 3.13. The predicted octanol–water partition coefficient (Wildman–Crippen LogP) is 2.43. The van der Waals surface area contributed by atoms with Crippen LogP contribution in [0, 0.1) is 0 Å². The third kappa shape index (κ3) is 87.5. The monoisotopic (exact) mass is 319 g/mol. The van der Waals surface area contributed by atoms with Gasteiger partial charge in [-0.3, -0.25) is 4.79 Å². The third-order valence-electron chi connectivity index (χ3n) is 1.34. The minimum Gasteiger partial charge on any atom is -0.662 e. The van der Waals surface area contributed by atoms with E-state index >= 15 is 0 Å². The summed E-state index contributed by atoms with van der Waals surface area (Å²) >= 11 is 0. The van der Waals surface area contributed by atoms with E-state index in [2.05, 4.69) is 19.2 Å². The molecule has 0 saturated heterocycles. The summed E-state index contributed by atoms with van der Waals surface area (Å²) in [6.07, 6.45) is 5.08. The van der Waals surface area contributed by atoms with Gasteiger partial charge in [-0.1, -0.05) is 39.5 Å². The molecule has 0 spiro atoms. The van der Waals surface area contributed by atoms with Crippen LogP contribution < -0.4 is 0 Å². The molecular formula is C9H21NO5SZn. The Morgan fingerprint density at radius 1 is 1.12 bits per heavy atom. The molecule has 0 rings (SSSR count). The zero-order valence-electron chi connectivity index (χ0n) is 10.5. The fourth-order valence-electron chi connectivity index (χ4n) is 0.652. The fourth-order valence-corrected chi connectivity index (χ4v) is 0.652. The molecule has 0 aromatic heterocycles. The van der Waals surface area contributed by atoms with E-state index in [1.54, 1.807) is 0 Å². The molecule has 0 saturated carbocycles. The van der Waals surface area contributed by atoms with E-state index < -0.39 is 11.0 Å². The van der Waals surface area contributed by atoms with Gasteiger partial charge in [0, 0.05) is 11.0 Å².